The van der Waals surface area contributed by atoms with Gasteiger partial charge in [-0.25, -0.2) is 0 Å². The number of hydrogen-bond donors (Lipinski definition) is 0. The number of esters is 1. The summed E-state index contributed by atoms with van der Waals surface area (Å²) in [5, 5.41) is 0. The highest BCUT2D eigenvalue weighted by Crippen LogP contribution is 2.57. The van der Waals surface area contributed by atoms with Crippen molar-refractivity contribution in [1.29, 1.82) is 0 Å². The Labute approximate surface area is 110 Å². The average Bonchev–Trinajstić information content (AvgIpc) is 2.50. The molecule has 1 spiro atoms. The predicted molar refractivity (Wildman–Crippen MR) is 71.0 cm³/mol. The monoisotopic (exact) mass is 250 g/mol. The van der Waals surface area contributed by atoms with Gasteiger partial charge in [-0.1, -0.05) is 27.7 Å². The first-order valence-electron chi connectivity index (χ1n) is 7.56. The van der Waals surface area contributed by atoms with Crippen LogP contribution in [0.2, 0.25) is 0 Å². The molecule has 2 nitrogen and oxygen atoms in total. The van der Waals surface area contributed by atoms with E-state index in [-0.39, 0.29) is 22.9 Å². The van der Waals surface area contributed by atoms with E-state index in [0.717, 1.165) is 19.3 Å². The van der Waals surface area contributed by atoms with Crippen LogP contribution in [0.25, 0.3) is 0 Å². The summed E-state index contributed by atoms with van der Waals surface area (Å²) in [4.78, 5) is 12.3. The lowest BCUT2D eigenvalue weighted by Crippen LogP contribution is -2.53. The molecule has 2 heteroatoms. The maximum Gasteiger partial charge on any atom is 0.309 e. The van der Waals surface area contributed by atoms with Crippen molar-refractivity contribution in [3.8, 4) is 0 Å². The molecule has 0 amide bonds. The topological polar surface area (TPSA) is 26.3 Å². The third kappa shape index (κ3) is 1.71. The number of ether oxygens (including phenoxy) is 1. The zero-order valence-corrected chi connectivity index (χ0v) is 12.2. The van der Waals surface area contributed by atoms with Crippen LogP contribution in [0.1, 0.15) is 59.8 Å². The van der Waals surface area contributed by atoms with Crippen LogP contribution in [0.5, 0.6) is 0 Å². The van der Waals surface area contributed by atoms with E-state index in [0.29, 0.717) is 17.8 Å². The van der Waals surface area contributed by atoms with Gasteiger partial charge in [0.05, 0.1) is 5.92 Å². The van der Waals surface area contributed by atoms with Crippen LogP contribution in [-0.4, -0.2) is 11.6 Å². The van der Waals surface area contributed by atoms with Crippen molar-refractivity contribution >= 4 is 5.97 Å². The number of hydrogen-bond acceptors (Lipinski definition) is 2. The van der Waals surface area contributed by atoms with Gasteiger partial charge in [0, 0.05) is 5.92 Å². The first-order chi connectivity index (χ1) is 8.33. The molecule has 2 saturated carbocycles. The van der Waals surface area contributed by atoms with Crippen molar-refractivity contribution in [3.05, 3.63) is 0 Å². The Bertz CT molecular complexity index is 373. The van der Waals surface area contributed by atoms with E-state index in [1.54, 1.807) is 0 Å². The molecule has 2 aliphatic heterocycles. The molecule has 4 rings (SSSR count). The van der Waals surface area contributed by atoms with Gasteiger partial charge in [0.1, 0.15) is 5.60 Å². The first-order valence-corrected chi connectivity index (χ1v) is 7.56. The van der Waals surface area contributed by atoms with Gasteiger partial charge >= 0.3 is 5.97 Å². The molecule has 102 valence electrons. The molecule has 5 atom stereocenters. The largest absolute Gasteiger partial charge is 0.459 e. The van der Waals surface area contributed by atoms with Gasteiger partial charge in [-0.3, -0.25) is 4.79 Å². The molecule has 0 unspecified atom stereocenters. The normalized spacial score (nSPS) is 50.3. The number of rotatable bonds is 0. The van der Waals surface area contributed by atoms with Gasteiger partial charge in [-0.15, -0.1) is 0 Å². The quantitative estimate of drug-likeness (QED) is 0.611. The molecular weight excluding hydrogens is 224 g/mol. The standard InChI is InChI=1S/C16H26O2/c1-10-5-6-16-7-11(2)12(14(17)18-16)8-15(3,4)9-13(10)16/h10-13H,5-9H2,1-4H3/t10-,11-,12+,13+,16+/m1/s1. The van der Waals surface area contributed by atoms with E-state index in [1.807, 2.05) is 0 Å². The van der Waals surface area contributed by atoms with Gasteiger partial charge in [-0.2, -0.15) is 0 Å². The lowest BCUT2D eigenvalue weighted by atomic mass is 9.61. The van der Waals surface area contributed by atoms with E-state index in [2.05, 4.69) is 27.7 Å². The lowest BCUT2D eigenvalue weighted by molar-refractivity contribution is -0.197. The third-order valence-corrected chi connectivity index (χ3v) is 5.89. The van der Waals surface area contributed by atoms with Crippen LogP contribution in [0.3, 0.4) is 0 Å². The summed E-state index contributed by atoms with van der Waals surface area (Å²) in [7, 11) is 0. The van der Waals surface area contributed by atoms with Crippen LogP contribution in [-0.2, 0) is 9.53 Å². The summed E-state index contributed by atoms with van der Waals surface area (Å²) >= 11 is 0. The fourth-order valence-electron chi connectivity index (χ4n) is 4.94. The zero-order valence-electron chi connectivity index (χ0n) is 12.2. The molecule has 0 aromatic carbocycles. The fourth-order valence-corrected chi connectivity index (χ4v) is 4.94. The Morgan fingerprint density at radius 2 is 1.83 bits per heavy atom. The molecular formula is C16H26O2. The van der Waals surface area contributed by atoms with E-state index in [9.17, 15) is 4.79 Å². The molecule has 0 aromatic rings. The fraction of sp³-hybridized carbons (Fsp3) is 0.938. The highest BCUT2D eigenvalue weighted by atomic mass is 16.6. The van der Waals surface area contributed by atoms with Gasteiger partial charge in [-0.05, 0) is 49.4 Å². The Kier molecular flexibility index (Phi) is 2.60. The smallest absolute Gasteiger partial charge is 0.309 e. The molecule has 2 saturated heterocycles. The summed E-state index contributed by atoms with van der Waals surface area (Å²) in [5.41, 5.74) is 0.178. The maximum absolute atomic E-state index is 12.3. The van der Waals surface area contributed by atoms with E-state index < -0.39 is 0 Å². The van der Waals surface area contributed by atoms with Crippen LogP contribution >= 0.6 is 0 Å². The Morgan fingerprint density at radius 3 is 2.50 bits per heavy atom. The second-order valence-corrected chi connectivity index (χ2v) is 7.97. The molecule has 2 bridgehead atoms. The SMILES string of the molecule is C[C@@H]1C[C@@]23CC[C@@H](C)[C@@H]2CC(C)(C)C[C@@H]1C(=O)O3. The van der Waals surface area contributed by atoms with Gasteiger partial charge in [0.25, 0.3) is 0 Å². The van der Waals surface area contributed by atoms with Crippen molar-refractivity contribution in [2.24, 2.45) is 29.1 Å². The van der Waals surface area contributed by atoms with Gasteiger partial charge in [0.15, 0.2) is 0 Å². The molecule has 18 heavy (non-hydrogen) atoms. The van der Waals surface area contributed by atoms with Crippen molar-refractivity contribution in [3.63, 3.8) is 0 Å². The molecule has 2 aliphatic carbocycles. The minimum Gasteiger partial charge on any atom is -0.459 e. The van der Waals surface area contributed by atoms with E-state index >= 15 is 0 Å². The minimum atomic E-state index is -0.107. The number of carbonyl (C=O) groups is 1. The first kappa shape index (κ1) is 12.5. The molecule has 0 aromatic heterocycles. The van der Waals surface area contributed by atoms with E-state index in [1.165, 1.54) is 12.8 Å². The number of fused-ring (bicyclic) bond motifs is 4. The Hall–Kier alpha value is -0.530. The minimum absolute atomic E-state index is 0.0978. The Morgan fingerprint density at radius 1 is 1.11 bits per heavy atom. The van der Waals surface area contributed by atoms with Crippen molar-refractivity contribution in [2.45, 2.75) is 65.4 Å². The van der Waals surface area contributed by atoms with Gasteiger partial charge in [0.2, 0.25) is 0 Å². The summed E-state index contributed by atoms with van der Waals surface area (Å²) in [6, 6.07) is 0. The molecule has 0 radical (unpaired) electrons. The average molecular weight is 250 g/mol. The Balaban J connectivity index is 2.03. The second kappa shape index (κ2) is 3.74. The third-order valence-electron chi connectivity index (χ3n) is 5.89. The summed E-state index contributed by atoms with van der Waals surface area (Å²) in [5.74, 6) is 2.03. The zero-order chi connectivity index (χ0) is 13.1. The maximum atomic E-state index is 12.3. The number of carbonyl (C=O) groups excluding carboxylic acids is 1. The van der Waals surface area contributed by atoms with Crippen molar-refractivity contribution < 1.29 is 9.53 Å². The van der Waals surface area contributed by atoms with Crippen molar-refractivity contribution in [1.82, 2.24) is 0 Å². The van der Waals surface area contributed by atoms with Crippen molar-refractivity contribution in [2.75, 3.05) is 0 Å². The molecule has 0 N–H and O–H groups in total. The van der Waals surface area contributed by atoms with E-state index in [4.69, 9.17) is 4.74 Å². The van der Waals surface area contributed by atoms with Crippen LogP contribution in [0.15, 0.2) is 0 Å². The van der Waals surface area contributed by atoms with Crippen LogP contribution in [0, 0.1) is 29.1 Å². The lowest BCUT2D eigenvalue weighted by Gasteiger charge is -2.51. The highest BCUT2D eigenvalue weighted by Gasteiger charge is 2.58. The van der Waals surface area contributed by atoms with Crippen LogP contribution < -0.4 is 0 Å². The molecule has 4 fully saturated rings. The summed E-state index contributed by atoms with van der Waals surface area (Å²) in [6.07, 6.45) is 5.66. The predicted octanol–water partition coefficient (Wildman–Crippen LogP) is 3.79. The van der Waals surface area contributed by atoms with Gasteiger partial charge < -0.3 is 4.74 Å². The summed E-state index contributed by atoms with van der Waals surface area (Å²) < 4.78 is 6.00. The van der Waals surface area contributed by atoms with Crippen LogP contribution in [0.4, 0.5) is 0 Å². The summed E-state index contributed by atoms with van der Waals surface area (Å²) in [6.45, 7) is 9.29. The molecule has 4 aliphatic rings. The molecule has 2 heterocycles. The second-order valence-electron chi connectivity index (χ2n) is 7.97. The highest BCUT2D eigenvalue weighted by molar-refractivity contribution is 5.74.